The van der Waals surface area contributed by atoms with Crippen LogP contribution in [0.15, 0.2) is 21.1 Å². The van der Waals surface area contributed by atoms with Gasteiger partial charge in [0.15, 0.2) is 0 Å². The van der Waals surface area contributed by atoms with Gasteiger partial charge in [0.2, 0.25) is 0 Å². The zero-order valence-corrected chi connectivity index (χ0v) is 14.5. The van der Waals surface area contributed by atoms with Gasteiger partial charge < -0.3 is 5.11 Å². The summed E-state index contributed by atoms with van der Waals surface area (Å²) in [5.41, 5.74) is 1.25. The van der Waals surface area contributed by atoms with Gasteiger partial charge in [-0.05, 0) is 75.4 Å². The highest BCUT2D eigenvalue weighted by atomic mass is 79.9. The molecule has 0 aliphatic carbocycles. The number of phenols is 1. The number of rotatable bonds is 4. The molecule has 106 valence electrons. The molecule has 1 heterocycles. The van der Waals surface area contributed by atoms with E-state index in [1.807, 2.05) is 12.1 Å². The maximum Gasteiger partial charge on any atom is 0.143 e. The standard InChI is InChI=1S/C15H21Br2NO/c1-2-5-12-6-3-4-7-18(12)10-11-8-13(16)15(19)14(17)9-11/h8-9,12,19H,2-7,10H2,1H3. The fourth-order valence-electron chi connectivity index (χ4n) is 2.87. The number of piperidine rings is 1. The first-order chi connectivity index (χ1) is 9.11. The van der Waals surface area contributed by atoms with Crippen LogP contribution in [-0.4, -0.2) is 22.6 Å². The highest BCUT2D eigenvalue weighted by Gasteiger charge is 2.22. The molecule has 1 aliphatic rings. The molecule has 1 atom stereocenters. The summed E-state index contributed by atoms with van der Waals surface area (Å²) in [6.07, 6.45) is 6.55. The molecule has 0 saturated carbocycles. The number of aromatic hydroxyl groups is 1. The fourth-order valence-corrected chi connectivity index (χ4v) is 4.15. The van der Waals surface area contributed by atoms with Gasteiger partial charge in [0.1, 0.15) is 5.75 Å². The van der Waals surface area contributed by atoms with Crippen molar-refractivity contribution in [2.45, 2.75) is 51.6 Å². The van der Waals surface area contributed by atoms with Crippen molar-refractivity contribution < 1.29 is 5.11 Å². The van der Waals surface area contributed by atoms with Gasteiger partial charge in [-0.3, -0.25) is 4.90 Å². The molecule has 1 unspecified atom stereocenters. The van der Waals surface area contributed by atoms with Crippen LogP contribution in [0.25, 0.3) is 0 Å². The molecule has 2 nitrogen and oxygen atoms in total. The molecule has 1 aliphatic heterocycles. The first kappa shape index (κ1) is 15.3. The molecule has 0 radical (unpaired) electrons. The Bertz CT molecular complexity index is 411. The maximum atomic E-state index is 9.77. The number of hydrogen-bond acceptors (Lipinski definition) is 2. The molecule has 1 aromatic rings. The van der Waals surface area contributed by atoms with Gasteiger partial charge in [0.25, 0.3) is 0 Å². The van der Waals surface area contributed by atoms with Crippen molar-refractivity contribution in [3.05, 3.63) is 26.6 Å². The van der Waals surface area contributed by atoms with E-state index in [4.69, 9.17) is 0 Å². The zero-order valence-electron chi connectivity index (χ0n) is 11.3. The first-order valence-electron chi connectivity index (χ1n) is 7.02. The van der Waals surface area contributed by atoms with Crippen LogP contribution in [0, 0.1) is 0 Å². The van der Waals surface area contributed by atoms with E-state index in [1.54, 1.807) is 0 Å². The Morgan fingerprint density at radius 3 is 2.58 bits per heavy atom. The van der Waals surface area contributed by atoms with E-state index in [9.17, 15) is 5.11 Å². The van der Waals surface area contributed by atoms with Crippen molar-refractivity contribution in [2.75, 3.05) is 6.54 Å². The molecule has 19 heavy (non-hydrogen) atoms. The second kappa shape index (κ2) is 7.09. The molecule has 2 rings (SSSR count). The van der Waals surface area contributed by atoms with Crippen LogP contribution in [0.1, 0.15) is 44.6 Å². The summed E-state index contributed by atoms with van der Waals surface area (Å²) >= 11 is 6.82. The fraction of sp³-hybridized carbons (Fsp3) is 0.600. The number of phenolic OH excluding ortho intramolecular Hbond substituents is 1. The van der Waals surface area contributed by atoms with Crippen LogP contribution in [0.3, 0.4) is 0 Å². The van der Waals surface area contributed by atoms with E-state index < -0.39 is 0 Å². The van der Waals surface area contributed by atoms with E-state index in [1.165, 1.54) is 44.2 Å². The average molecular weight is 391 g/mol. The number of nitrogens with zero attached hydrogens (tertiary/aromatic N) is 1. The van der Waals surface area contributed by atoms with Gasteiger partial charge in [0.05, 0.1) is 8.95 Å². The SMILES string of the molecule is CCCC1CCCCN1Cc1cc(Br)c(O)c(Br)c1. The maximum absolute atomic E-state index is 9.77. The van der Waals surface area contributed by atoms with Crippen molar-refractivity contribution in [2.24, 2.45) is 0 Å². The second-order valence-electron chi connectivity index (χ2n) is 5.32. The minimum Gasteiger partial charge on any atom is -0.506 e. The summed E-state index contributed by atoms with van der Waals surface area (Å²) in [4.78, 5) is 2.60. The summed E-state index contributed by atoms with van der Waals surface area (Å²) < 4.78 is 1.53. The lowest BCUT2D eigenvalue weighted by Gasteiger charge is -2.35. The van der Waals surface area contributed by atoms with Crippen molar-refractivity contribution >= 4 is 31.9 Å². The van der Waals surface area contributed by atoms with E-state index in [2.05, 4.69) is 43.7 Å². The van der Waals surface area contributed by atoms with Gasteiger partial charge in [-0.1, -0.05) is 19.8 Å². The highest BCUT2D eigenvalue weighted by molar-refractivity contribution is 9.11. The predicted molar refractivity (Wildman–Crippen MR) is 86.5 cm³/mol. The summed E-state index contributed by atoms with van der Waals surface area (Å²) in [7, 11) is 0. The Balaban J connectivity index is 2.10. The van der Waals surface area contributed by atoms with Crippen LogP contribution in [0.5, 0.6) is 5.75 Å². The van der Waals surface area contributed by atoms with Crippen LogP contribution in [-0.2, 0) is 6.54 Å². The quantitative estimate of drug-likeness (QED) is 0.775. The lowest BCUT2D eigenvalue weighted by molar-refractivity contribution is 0.131. The van der Waals surface area contributed by atoms with Gasteiger partial charge in [-0.15, -0.1) is 0 Å². The summed E-state index contributed by atoms with van der Waals surface area (Å²) in [6.45, 7) is 4.43. The minimum atomic E-state index is 0.285. The molecule has 0 bridgehead atoms. The Kier molecular flexibility index (Phi) is 5.72. The van der Waals surface area contributed by atoms with E-state index in [-0.39, 0.29) is 5.75 Å². The Morgan fingerprint density at radius 2 is 1.95 bits per heavy atom. The molecule has 4 heteroatoms. The molecule has 0 amide bonds. The zero-order chi connectivity index (χ0) is 13.8. The Morgan fingerprint density at radius 1 is 1.26 bits per heavy atom. The van der Waals surface area contributed by atoms with Crippen LogP contribution in [0.2, 0.25) is 0 Å². The predicted octanol–water partition coefficient (Wildman–Crippen LogP) is 5.07. The van der Waals surface area contributed by atoms with Crippen molar-refractivity contribution in [1.29, 1.82) is 0 Å². The minimum absolute atomic E-state index is 0.285. The number of halogens is 2. The lowest BCUT2D eigenvalue weighted by atomic mass is 9.97. The van der Waals surface area contributed by atoms with Gasteiger partial charge in [-0.2, -0.15) is 0 Å². The number of benzene rings is 1. The van der Waals surface area contributed by atoms with Crippen LogP contribution >= 0.6 is 31.9 Å². The molecular weight excluding hydrogens is 370 g/mol. The third-order valence-corrected chi connectivity index (χ3v) is 5.04. The summed E-state index contributed by atoms with van der Waals surface area (Å²) in [5, 5.41) is 9.77. The number of likely N-dealkylation sites (tertiary alicyclic amines) is 1. The molecule has 0 spiro atoms. The average Bonchev–Trinajstić information content (AvgIpc) is 2.38. The highest BCUT2D eigenvalue weighted by Crippen LogP contribution is 2.34. The van der Waals surface area contributed by atoms with Crippen LogP contribution in [0.4, 0.5) is 0 Å². The smallest absolute Gasteiger partial charge is 0.143 e. The van der Waals surface area contributed by atoms with Crippen molar-refractivity contribution in [3.8, 4) is 5.75 Å². The molecular formula is C15H21Br2NO. The van der Waals surface area contributed by atoms with Gasteiger partial charge in [0, 0.05) is 12.6 Å². The van der Waals surface area contributed by atoms with Gasteiger partial charge in [-0.25, -0.2) is 0 Å². The second-order valence-corrected chi connectivity index (χ2v) is 7.03. The van der Waals surface area contributed by atoms with Crippen molar-refractivity contribution in [3.63, 3.8) is 0 Å². The number of hydrogen-bond donors (Lipinski definition) is 1. The topological polar surface area (TPSA) is 23.5 Å². The molecule has 1 N–H and O–H groups in total. The Hall–Kier alpha value is -0.0600. The molecule has 1 fully saturated rings. The monoisotopic (exact) mass is 389 g/mol. The largest absolute Gasteiger partial charge is 0.506 e. The summed E-state index contributed by atoms with van der Waals surface area (Å²) in [5.74, 6) is 0.285. The van der Waals surface area contributed by atoms with Crippen molar-refractivity contribution in [1.82, 2.24) is 4.90 Å². The third kappa shape index (κ3) is 3.96. The normalized spacial score (nSPS) is 20.7. The van der Waals surface area contributed by atoms with E-state index in [0.29, 0.717) is 0 Å². The van der Waals surface area contributed by atoms with E-state index in [0.717, 1.165) is 21.5 Å². The van der Waals surface area contributed by atoms with E-state index >= 15 is 0 Å². The molecule has 0 aromatic heterocycles. The lowest BCUT2D eigenvalue weighted by Crippen LogP contribution is -2.38. The molecule has 1 aromatic carbocycles. The van der Waals surface area contributed by atoms with Crippen LogP contribution < -0.4 is 0 Å². The van der Waals surface area contributed by atoms with Gasteiger partial charge >= 0.3 is 0 Å². The third-order valence-electron chi connectivity index (χ3n) is 3.83. The Labute approximate surface area is 132 Å². The molecule has 1 saturated heterocycles. The summed E-state index contributed by atoms with van der Waals surface area (Å²) in [6, 6.07) is 4.78. The first-order valence-corrected chi connectivity index (χ1v) is 8.61.